The van der Waals surface area contributed by atoms with E-state index in [0.717, 1.165) is 29.5 Å². The first-order chi connectivity index (χ1) is 14.6. The smallest absolute Gasteiger partial charge is 0.236 e. The Hall–Kier alpha value is -2.55. The van der Waals surface area contributed by atoms with Crippen molar-refractivity contribution in [1.29, 1.82) is 0 Å². The Morgan fingerprint density at radius 3 is 2.43 bits per heavy atom. The van der Waals surface area contributed by atoms with E-state index in [1.54, 1.807) is 10.4 Å². The molecule has 0 spiro atoms. The fourth-order valence-corrected chi connectivity index (χ4v) is 5.34. The first-order valence-corrected chi connectivity index (χ1v) is 12.2. The van der Waals surface area contributed by atoms with Crippen molar-refractivity contribution in [3.8, 4) is 0 Å². The lowest BCUT2D eigenvalue weighted by Gasteiger charge is -2.19. The number of rotatable bonds is 6. The normalized spacial score (nSPS) is 16.1. The van der Waals surface area contributed by atoms with E-state index in [0.29, 0.717) is 26.1 Å². The van der Waals surface area contributed by atoms with Crippen LogP contribution in [0.4, 0.5) is 5.13 Å². The van der Waals surface area contributed by atoms with Gasteiger partial charge in [-0.1, -0.05) is 60.7 Å². The quantitative estimate of drug-likeness (QED) is 0.585. The van der Waals surface area contributed by atoms with Crippen molar-refractivity contribution in [3.63, 3.8) is 0 Å². The van der Waals surface area contributed by atoms with Crippen LogP contribution in [0.3, 0.4) is 0 Å². The lowest BCUT2D eigenvalue weighted by Crippen LogP contribution is -2.34. The average molecular weight is 441 g/mol. The van der Waals surface area contributed by atoms with Crippen molar-refractivity contribution < 1.29 is 8.42 Å². The Morgan fingerprint density at radius 2 is 1.67 bits per heavy atom. The predicted molar refractivity (Wildman–Crippen MR) is 122 cm³/mol. The van der Waals surface area contributed by atoms with Gasteiger partial charge in [0.25, 0.3) is 0 Å². The predicted octanol–water partition coefficient (Wildman–Crippen LogP) is 3.64. The Morgan fingerprint density at radius 1 is 0.933 bits per heavy atom. The number of sulfonamides is 1. The van der Waals surface area contributed by atoms with E-state index in [4.69, 9.17) is 0 Å². The molecule has 1 aromatic heterocycles. The molecule has 1 fully saturated rings. The van der Waals surface area contributed by atoms with Crippen LogP contribution in [0.1, 0.15) is 23.4 Å². The summed E-state index contributed by atoms with van der Waals surface area (Å²) in [5, 5.41) is 2.17. The van der Waals surface area contributed by atoms with Crippen molar-refractivity contribution in [2.75, 3.05) is 31.1 Å². The molecule has 1 saturated heterocycles. The maximum absolute atomic E-state index is 12.8. The Kier molecular flexibility index (Phi) is 6.56. The fraction of sp³-hybridized carbons (Fsp3) is 0.273. The summed E-state index contributed by atoms with van der Waals surface area (Å²) in [6.07, 6.45) is 3.11. The number of benzene rings is 2. The SMILES string of the molecule is O=S(=O)(/C=C/c1ccccc1)N1CCCN(c2nc(Cc3ccccc3)ns2)CC1. The summed E-state index contributed by atoms with van der Waals surface area (Å²) < 4.78 is 31.6. The summed E-state index contributed by atoms with van der Waals surface area (Å²) in [6, 6.07) is 19.6. The molecule has 4 rings (SSSR count). The third-order valence-electron chi connectivity index (χ3n) is 4.98. The highest BCUT2D eigenvalue weighted by molar-refractivity contribution is 7.92. The van der Waals surface area contributed by atoms with Crippen LogP contribution in [-0.2, 0) is 16.4 Å². The molecule has 0 aliphatic carbocycles. The lowest BCUT2D eigenvalue weighted by atomic mass is 10.1. The van der Waals surface area contributed by atoms with Gasteiger partial charge in [0.2, 0.25) is 15.2 Å². The van der Waals surface area contributed by atoms with Crippen LogP contribution in [-0.4, -0.2) is 48.3 Å². The molecule has 1 aliphatic heterocycles. The van der Waals surface area contributed by atoms with Gasteiger partial charge in [0.15, 0.2) is 0 Å². The Bertz CT molecular complexity index is 1080. The second-order valence-corrected chi connectivity index (χ2v) is 9.70. The van der Waals surface area contributed by atoms with Crippen LogP contribution in [0.5, 0.6) is 0 Å². The molecular formula is C22H24N4O2S2. The minimum absolute atomic E-state index is 0.440. The molecule has 8 heteroatoms. The molecule has 3 aromatic rings. The van der Waals surface area contributed by atoms with Gasteiger partial charge in [-0.15, -0.1) is 0 Å². The Balaban J connectivity index is 1.39. The molecular weight excluding hydrogens is 416 g/mol. The topological polar surface area (TPSA) is 66.4 Å². The van der Waals surface area contributed by atoms with E-state index >= 15 is 0 Å². The maximum Gasteiger partial charge on any atom is 0.236 e. The summed E-state index contributed by atoms with van der Waals surface area (Å²) in [4.78, 5) is 6.83. The molecule has 0 radical (unpaired) electrons. The molecule has 0 amide bonds. The summed E-state index contributed by atoms with van der Waals surface area (Å²) in [5.41, 5.74) is 2.05. The van der Waals surface area contributed by atoms with Crippen LogP contribution < -0.4 is 4.90 Å². The van der Waals surface area contributed by atoms with Crippen molar-refractivity contribution in [2.24, 2.45) is 0 Å². The standard InChI is InChI=1S/C22H24N4O2S2/c27-30(28,17-12-19-8-3-1-4-9-19)26-14-7-13-25(15-16-26)22-23-21(24-29-22)18-20-10-5-2-6-11-20/h1-6,8-12,17H,7,13-16,18H2/b17-12+. The highest BCUT2D eigenvalue weighted by Crippen LogP contribution is 2.21. The summed E-state index contributed by atoms with van der Waals surface area (Å²) in [5.74, 6) is 0.806. The number of hydrogen-bond acceptors (Lipinski definition) is 6. The second kappa shape index (κ2) is 9.51. The zero-order chi connectivity index (χ0) is 20.8. The molecule has 0 N–H and O–H groups in total. The molecule has 0 unspecified atom stereocenters. The maximum atomic E-state index is 12.8. The van der Waals surface area contributed by atoms with Crippen LogP contribution >= 0.6 is 11.5 Å². The van der Waals surface area contributed by atoms with E-state index in [1.807, 2.05) is 48.5 Å². The Labute approximate surface area is 181 Å². The molecule has 0 bridgehead atoms. The van der Waals surface area contributed by atoms with Crippen LogP contribution in [0.25, 0.3) is 6.08 Å². The number of anilines is 1. The van der Waals surface area contributed by atoms with Crippen molar-refractivity contribution in [2.45, 2.75) is 12.8 Å². The van der Waals surface area contributed by atoms with Gasteiger partial charge in [-0.2, -0.15) is 8.68 Å². The molecule has 156 valence electrons. The zero-order valence-corrected chi connectivity index (χ0v) is 18.2. The van der Waals surface area contributed by atoms with E-state index < -0.39 is 10.0 Å². The van der Waals surface area contributed by atoms with Crippen LogP contribution in [0.2, 0.25) is 0 Å². The van der Waals surface area contributed by atoms with E-state index in [-0.39, 0.29) is 0 Å². The highest BCUT2D eigenvalue weighted by Gasteiger charge is 2.24. The lowest BCUT2D eigenvalue weighted by molar-refractivity contribution is 0.440. The van der Waals surface area contributed by atoms with Gasteiger partial charge in [-0.05, 0) is 23.6 Å². The van der Waals surface area contributed by atoms with Crippen molar-refractivity contribution in [1.82, 2.24) is 13.7 Å². The van der Waals surface area contributed by atoms with E-state index in [2.05, 4.69) is 26.4 Å². The van der Waals surface area contributed by atoms with Crippen LogP contribution in [0, 0.1) is 0 Å². The monoisotopic (exact) mass is 440 g/mol. The number of nitrogens with zero attached hydrogens (tertiary/aromatic N) is 4. The molecule has 2 heterocycles. The average Bonchev–Trinajstić information content (AvgIpc) is 3.07. The van der Waals surface area contributed by atoms with Gasteiger partial charge < -0.3 is 4.90 Å². The van der Waals surface area contributed by atoms with Gasteiger partial charge in [-0.3, -0.25) is 0 Å². The second-order valence-electron chi connectivity index (χ2n) is 7.15. The largest absolute Gasteiger partial charge is 0.345 e. The fourth-order valence-electron chi connectivity index (χ4n) is 3.38. The summed E-state index contributed by atoms with van der Waals surface area (Å²) in [7, 11) is -3.45. The molecule has 2 aromatic carbocycles. The molecule has 6 nitrogen and oxygen atoms in total. The molecule has 30 heavy (non-hydrogen) atoms. The van der Waals surface area contributed by atoms with Gasteiger partial charge in [0.05, 0.1) is 0 Å². The van der Waals surface area contributed by atoms with E-state index in [1.165, 1.54) is 22.5 Å². The molecule has 0 atom stereocenters. The van der Waals surface area contributed by atoms with Gasteiger partial charge in [-0.25, -0.2) is 13.4 Å². The minimum atomic E-state index is -3.45. The van der Waals surface area contributed by atoms with Gasteiger partial charge in [0, 0.05) is 49.5 Å². The highest BCUT2D eigenvalue weighted by atomic mass is 32.2. The van der Waals surface area contributed by atoms with E-state index in [9.17, 15) is 8.42 Å². The number of hydrogen-bond donors (Lipinski definition) is 0. The summed E-state index contributed by atoms with van der Waals surface area (Å²) in [6.45, 7) is 2.33. The first-order valence-electron chi connectivity index (χ1n) is 9.95. The van der Waals surface area contributed by atoms with Crippen molar-refractivity contribution >= 4 is 32.8 Å². The minimum Gasteiger partial charge on any atom is -0.345 e. The molecule has 1 aliphatic rings. The zero-order valence-electron chi connectivity index (χ0n) is 16.6. The third-order valence-corrected chi connectivity index (χ3v) is 7.36. The summed E-state index contributed by atoms with van der Waals surface area (Å²) >= 11 is 1.38. The molecule has 0 saturated carbocycles. The van der Waals surface area contributed by atoms with Crippen LogP contribution in [0.15, 0.2) is 66.1 Å². The van der Waals surface area contributed by atoms with Crippen molar-refractivity contribution in [3.05, 3.63) is 83.0 Å². The van der Waals surface area contributed by atoms with Gasteiger partial charge >= 0.3 is 0 Å². The third kappa shape index (κ3) is 5.33. The van der Waals surface area contributed by atoms with Gasteiger partial charge in [0.1, 0.15) is 5.82 Å². The first kappa shape index (κ1) is 20.7. The number of aromatic nitrogens is 2.